The van der Waals surface area contributed by atoms with Crippen LogP contribution in [0.25, 0.3) is 0 Å². The van der Waals surface area contributed by atoms with Crippen molar-refractivity contribution in [2.45, 2.75) is 6.18 Å². The summed E-state index contributed by atoms with van der Waals surface area (Å²) in [5.41, 5.74) is -0.977. The highest BCUT2D eigenvalue weighted by molar-refractivity contribution is 6.33. The maximum atomic E-state index is 12.3. The van der Waals surface area contributed by atoms with E-state index in [2.05, 4.69) is 4.98 Å². The van der Waals surface area contributed by atoms with Gasteiger partial charge in [-0.25, -0.2) is 4.98 Å². The standard InChI is InChI=1S/C9H8ClF3N2O2/c1-15(4-7(16)17)8-6(10)2-5(3-14-8)9(11,12)13/h2-3H,4H2,1H3,(H,16,17). The van der Waals surface area contributed by atoms with Crippen LogP contribution in [0, 0.1) is 0 Å². The monoisotopic (exact) mass is 268 g/mol. The molecule has 0 bridgehead atoms. The Labute approximate surface area is 99.6 Å². The molecule has 0 aromatic carbocycles. The Morgan fingerprint density at radius 3 is 2.59 bits per heavy atom. The number of alkyl halides is 3. The molecule has 1 aromatic heterocycles. The molecule has 0 unspecified atom stereocenters. The Balaban J connectivity index is 3.02. The zero-order chi connectivity index (χ0) is 13.2. The number of anilines is 1. The minimum Gasteiger partial charge on any atom is -0.480 e. The smallest absolute Gasteiger partial charge is 0.417 e. The summed E-state index contributed by atoms with van der Waals surface area (Å²) >= 11 is 5.62. The average Bonchev–Trinajstić information content (AvgIpc) is 2.14. The number of nitrogens with zero attached hydrogens (tertiary/aromatic N) is 2. The number of carboxylic acid groups (broad SMARTS) is 1. The van der Waals surface area contributed by atoms with Gasteiger partial charge in [0, 0.05) is 13.2 Å². The molecule has 0 fully saturated rings. The summed E-state index contributed by atoms with van der Waals surface area (Å²) in [6.07, 6.45) is -3.92. The Bertz CT molecular complexity index is 437. The maximum absolute atomic E-state index is 12.3. The van der Waals surface area contributed by atoms with Crippen molar-refractivity contribution in [3.63, 3.8) is 0 Å². The van der Waals surface area contributed by atoms with E-state index < -0.39 is 24.3 Å². The van der Waals surface area contributed by atoms with E-state index in [4.69, 9.17) is 16.7 Å². The molecular weight excluding hydrogens is 261 g/mol. The first-order valence-corrected chi connectivity index (χ1v) is 4.75. The van der Waals surface area contributed by atoms with Crippen LogP contribution >= 0.6 is 11.6 Å². The summed E-state index contributed by atoms with van der Waals surface area (Å²) in [4.78, 5) is 15.1. The third kappa shape index (κ3) is 3.48. The van der Waals surface area contributed by atoms with Gasteiger partial charge in [-0.15, -0.1) is 0 Å². The third-order valence-corrected chi connectivity index (χ3v) is 2.16. The van der Waals surface area contributed by atoms with Gasteiger partial charge in [-0.05, 0) is 6.07 Å². The van der Waals surface area contributed by atoms with E-state index >= 15 is 0 Å². The second kappa shape index (κ2) is 4.79. The molecule has 1 heterocycles. The number of hydrogen-bond acceptors (Lipinski definition) is 3. The molecule has 1 rings (SSSR count). The first kappa shape index (κ1) is 13.6. The van der Waals surface area contributed by atoms with Crippen LogP contribution in [-0.4, -0.2) is 29.7 Å². The number of halogens is 4. The van der Waals surface area contributed by atoms with Crippen LogP contribution in [0.4, 0.5) is 19.0 Å². The highest BCUT2D eigenvalue weighted by atomic mass is 35.5. The van der Waals surface area contributed by atoms with Crippen molar-refractivity contribution in [2.75, 3.05) is 18.5 Å². The number of hydrogen-bond donors (Lipinski definition) is 1. The van der Waals surface area contributed by atoms with Gasteiger partial charge in [-0.3, -0.25) is 4.79 Å². The van der Waals surface area contributed by atoms with Crippen molar-refractivity contribution < 1.29 is 23.1 Å². The SMILES string of the molecule is CN(CC(=O)O)c1ncc(C(F)(F)F)cc1Cl. The molecule has 0 saturated carbocycles. The summed E-state index contributed by atoms with van der Waals surface area (Å²) in [7, 11) is 1.37. The quantitative estimate of drug-likeness (QED) is 0.914. The molecule has 0 atom stereocenters. The van der Waals surface area contributed by atoms with Gasteiger partial charge in [0.1, 0.15) is 12.4 Å². The summed E-state index contributed by atoms with van der Waals surface area (Å²) < 4.78 is 36.9. The van der Waals surface area contributed by atoms with Crippen molar-refractivity contribution in [1.82, 2.24) is 4.98 Å². The first-order chi connectivity index (χ1) is 7.71. The maximum Gasteiger partial charge on any atom is 0.417 e. The molecule has 0 aliphatic rings. The molecule has 17 heavy (non-hydrogen) atoms. The number of rotatable bonds is 3. The van der Waals surface area contributed by atoms with E-state index in [0.717, 1.165) is 4.90 Å². The van der Waals surface area contributed by atoms with Gasteiger partial charge in [0.15, 0.2) is 0 Å². The normalized spacial score (nSPS) is 11.4. The van der Waals surface area contributed by atoms with Gasteiger partial charge >= 0.3 is 12.1 Å². The fraction of sp³-hybridized carbons (Fsp3) is 0.333. The molecule has 4 nitrogen and oxygen atoms in total. The minimum atomic E-state index is -4.53. The predicted octanol–water partition coefficient (Wildman–Crippen LogP) is 2.27. The van der Waals surface area contributed by atoms with E-state index in [9.17, 15) is 18.0 Å². The Hall–Kier alpha value is -1.50. The molecule has 0 radical (unpaired) electrons. The zero-order valence-electron chi connectivity index (χ0n) is 8.62. The lowest BCUT2D eigenvalue weighted by molar-refractivity contribution is -0.138. The molecule has 0 spiro atoms. The van der Waals surface area contributed by atoms with Gasteiger partial charge in [0.05, 0.1) is 10.6 Å². The van der Waals surface area contributed by atoms with Crippen molar-refractivity contribution in [3.05, 3.63) is 22.8 Å². The molecule has 1 aromatic rings. The molecular formula is C9H8ClF3N2O2. The van der Waals surface area contributed by atoms with E-state index in [1.807, 2.05) is 0 Å². The number of carboxylic acids is 1. The Kier molecular flexibility index (Phi) is 3.82. The van der Waals surface area contributed by atoms with E-state index in [0.29, 0.717) is 12.3 Å². The zero-order valence-corrected chi connectivity index (χ0v) is 9.38. The fourth-order valence-electron chi connectivity index (χ4n) is 1.14. The first-order valence-electron chi connectivity index (χ1n) is 4.37. The largest absolute Gasteiger partial charge is 0.480 e. The molecule has 0 aliphatic carbocycles. The van der Waals surface area contributed by atoms with Gasteiger partial charge in [0.2, 0.25) is 0 Å². The van der Waals surface area contributed by atoms with E-state index in [1.54, 1.807) is 0 Å². The second-order valence-corrected chi connectivity index (χ2v) is 3.68. The van der Waals surface area contributed by atoms with Crippen molar-refractivity contribution in [3.8, 4) is 0 Å². The van der Waals surface area contributed by atoms with Gasteiger partial charge in [-0.2, -0.15) is 13.2 Å². The fourth-order valence-corrected chi connectivity index (χ4v) is 1.46. The van der Waals surface area contributed by atoms with Gasteiger partial charge in [-0.1, -0.05) is 11.6 Å². The van der Waals surface area contributed by atoms with Crippen LogP contribution in [0.2, 0.25) is 5.02 Å². The summed E-state index contributed by atoms with van der Waals surface area (Å²) in [6, 6.07) is 0.711. The molecule has 0 amide bonds. The van der Waals surface area contributed by atoms with Crippen molar-refractivity contribution >= 4 is 23.4 Å². The van der Waals surface area contributed by atoms with Gasteiger partial charge < -0.3 is 10.0 Å². The second-order valence-electron chi connectivity index (χ2n) is 3.28. The van der Waals surface area contributed by atoms with Crippen LogP contribution in [0.5, 0.6) is 0 Å². The van der Waals surface area contributed by atoms with Crippen LogP contribution in [0.1, 0.15) is 5.56 Å². The molecule has 8 heteroatoms. The number of aliphatic carboxylic acids is 1. The molecule has 0 aliphatic heterocycles. The van der Waals surface area contributed by atoms with Gasteiger partial charge in [0.25, 0.3) is 0 Å². The summed E-state index contributed by atoms with van der Waals surface area (Å²) in [5.74, 6) is -1.15. The number of likely N-dealkylation sites (N-methyl/N-ethyl adjacent to an activating group) is 1. The lowest BCUT2D eigenvalue weighted by Gasteiger charge is -2.17. The van der Waals surface area contributed by atoms with Crippen LogP contribution in [0.3, 0.4) is 0 Å². The van der Waals surface area contributed by atoms with E-state index in [-0.39, 0.29) is 10.8 Å². The van der Waals surface area contributed by atoms with Crippen molar-refractivity contribution in [2.24, 2.45) is 0 Å². The third-order valence-electron chi connectivity index (χ3n) is 1.88. The van der Waals surface area contributed by atoms with Crippen molar-refractivity contribution in [1.29, 1.82) is 0 Å². The highest BCUT2D eigenvalue weighted by Crippen LogP contribution is 2.33. The Morgan fingerprint density at radius 1 is 1.59 bits per heavy atom. The minimum absolute atomic E-state index is 0.0120. The highest BCUT2D eigenvalue weighted by Gasteiger charge is 2.31. The topological polar surface area (TPSA) is 53.4 Å². The number of aromatic nitrogens is 1. The number of carbonyl (C=O) groups is 1. The molecule has 1 N–H and O–H groups in total. The average molecular weight is 269 g/mol. The van der Waals surface area contributed by atoms with Crippen LogP contribution < -0.4 is 4.90 Å². The van der Waals surface area contributed by atoms with Crippen LogP contribution in [0.15, 0.2) is 12.3 Å². The van der Waals surface area contributed by atoms with Crippen LogP contribution in [-0.2, 0) is 11.0 Å². The number of pyridine rings is 1. The lowest BCUT2D eigenvalue weighted by atomic mass is 10.2. The Morgan fingerprint density at radius 2 is 2.18 bits per heavy atom. The molecule has 94 valence electrons. The predicted molar refractivity (Wildman–Crippen MR) is 55.2 cm³/mol. The lowest BCUT2D eigenvalue weighted by Crippen LogP contribution is -2.26. The summed E-state index contributed by atoms with van der Waals surface area (Å²) in [5, 5.41) is 8.28. The molecule has 0 saturated heterocycles. The van der Waals surface area contributed by atoms with E-state index in [1.165, 1.54) is 7.05 Å². The summed E-state index contributed by atoms with van der Waals surface area (Å²) in [6.45, 7) is -0.405.